The molecule has 1 aliphatic rings. The molecule has 0 aromatic heterocycles. The lowest BCUT2D eigenvalue weighted by molar-refractivity contribution is -0.355. The highest BCUT2D eigenvalue weighted by molar-refractivity contribution is 9.10. The summed E-state index contributed by atoms with van der Waals surface area (Å²) < 4.78 is 1.52. The fraction of sp³-hybridized carbons (Fsp3) is 0.222. The zero-order valence-electron chi connectivity index (χ0n) is 12.7. The highest BCUT2D eigenvalue weighted by Crippen LogP contribution is 2.31. The molecule has 0 radical (unpaired) electrons. The summed E-state index contributed by atoms with van der Waals surface area (Å²) in [7, 11) is 0. The molecule has 3 nitrogen and oxygen atoms in total. The second-order valence-corrected chi connectivity index (χ2v) is 7.38. The molecular formula is C18H16BrNO2. The second kappa shape index (κ2) is 5.06. The highest BCUT2D eigenvalue weighted by atomic mass is 79.9. The van der Waals surface area contributed by atoms with E-state index in [-0.39, 0.29) is 16.9 Å². The van der Waals surface area contributed by atoms with Crippen molar-refractivity contribution in [2.75, 3.05) is 0 Å². The van der Waals surface area contributed by atoms with Gasteiger partial charge in [0.2, 0.25) is 5.69 Å². The van der Waals surface area contributed by atoms with Crippen molar-refractivity contribution in [3.05, 3.63) is 68.8 Å². The van der Waals surface area contributed by atoms with E-state index >= 15 is 0 Å². The minimum Gasteiger partial charge on any atom is -0.618 e. The maximum absolute atomic E-state index is 12.5. The fourth-order valence-electron chi connectivity index (χ4n) is 2.58. The van der Waals surface area contributed by atoms with Crippen molar-refractivity contribution in [1.29, 1.82) is 0 Å². The van der Waals surface area contributed by atoms with Gasteiger partial charge in [-0.05, 0) is 35.2 Å². The molecule has 0 amide bonds. The Morgan fingerprint density at radius 2 is 1.68 bits per heavy atom. The molecule has 0 atom stereocenters. The quantitative estimate of drug-likeness (QED) is 0.553. The van der Waals surface area contributed by atoms with Crippen molar-refractivity contribution in [3.8, 4) is 0 Å². The van der Waals surface area contributed by atoms with Crippen molar-refractivity contribution < 1.29 is 9.53 Å². The van der Waals surface area contributed by atoms with Crippen LogP contribution in [0, 0.1) is 5.21 Å². The molecule has 0 aliphatic carbocycles. The number of rotatable bonds is 1. The Morgan fingerprint density at radius 3 is 2.27 bits per heavy atom. The maximum atomic E-state index is 12.5. The minimum absolute atomic E-state index is 0.0356. The summed E-state index contributed by atoms with van der Waals surface area (Å²) in [6.45, 7) is 6.38. The van der Waals surface area contributed by atoms with Crippen LogP contribution in [-0.4, -0.2) is 16.2 Å². The van der Waals surface area contributed by atoms with Crippen molar-refractivity contribution in [3.63, 3.8) is 0 Å². The van der Waals surface area contributed by atoms with Gasteiger partial charge in [0.25, 0.3) is 11.5 Å². The lowest BCUT2D eigenvalue weighted by Crippen LogP contribution is -2.17. The zero-order chi connectivity index (χ0) is 16.1. The number of hydrogen-bond donors (Lipinski definition) is 0. The van der Waals surface area contributed by atoms with Crippen LogP contribution in [0.5, 0.6) is 0 Å². The van der Waals surface area contributed by atoms with Crippen molar-refractivity contribution >= 4 is 33.1 Å². The van der Waals surface area contributed by atoms with Crippen LogP contribution in [0.4, 0.5) is 5.69 Å². The molecule has 22 heavy (non-hydrogen) atoms. The van der Waals surface area contributed by atoms with E-state index in [0.29, 0.717) is 16.8 Å². The van der Waals surface area contributed by atoms with Crippen LogP contribution in [0.2, 0.25) is 0 Å². The third-order valence-corrected chi connectivity index (χ3v) is 4.36. The summed E-state index contributed by atoms with van der Waals surface area (Å²) in [5, 5.41) is 12.4. The number of benzene rings is 2. The molecule has 0 saturated carbocycles. The monoisotopic (exact) mass is 357 g/mol. The molecule has 2 aromatic carbocycles. The summed E-state index contributed by atoms with van der Waals surface area (Å²) in [6, 6.07) is 12.8. The van der Waals surface area contributed by atoms with Crippen LogP contribution in [0.1, 0.15) is 42.3 Å². The van der Waals surface area contributed by atoms with E-state index in [2.05, 4.69) is 36.7 Å². The minimum atomic E-state index is -0.227. The number of halogens is 1. The molecule has 2 aromatic rings. The molecule has 0 unspecified atom stereocenters. The number of nitrogens with zero attached hydrogens (tertiary/aromatic N) is 1. The van der Waals surface area contributed by atoms with Crippen LogP contribution < -0.4 is 0 Å². The highest BCUT2D eigenvalue weighted by Gasteiger charge is 2.36. The van der Waals surface area contributed by atoms with E-state index in [4.69, 9.17) is 0 Å². The molecule has 1 heterocycles. The van der Waals surface area contributed by atoms with Crippen molar-refractivity contribution in [2.24, 2.45) is 0 Å². The number of hydrogen-bond acceptors (Lipinski definition) is 2. The predicted molar refractivity (Wildman–Crippen MR) is 91.0 cm³/mol. The summed E-state index contributed by atoms with van der Waals surface area (Å²) >= 11 is 3.34. The van der Waals surface area contributed by atoms with E-state index in [1.165, 1.54) is 5.56 Å². The largest absolute Gasteiger partial charge is 0.618 e. The molecule has 0 N–H and O–H groups in total. The first-order valence-electron chi connectivity index (χ1n) is 7.08. The molecule has 1 aliphatic heterocycles. The Kier molecular flexibility index (Phi) is 3.44. The van der Waals surface area contributed by atoms with Gasteiger partial charge in [0.1, 0.15) is 5.56 Å². The van der Waals surface area contributed by atoms with E-state index in [0.717, 1.165) is 9.21 Å². The molecule has 0 bridgehead atoms. The first kappa shape index (κ1) is 15.0. The molecule has 0 fully saturated rings. The number of fused-ring (bicyclic) bond motifs is 1. The topological polar surface area (TPSA) is 43.1 Å². The number of carbonyl (C=O) groups excluding carboxylic acids is 1. The second-order valence-electron chi connectivity index (χ2n) is 6.46. The number of ketones is 1. The predicted octanol–water partition coefficient (Wildman–Crippen LogP) is 4.57. The Morgan fingerprint density at radius 1 is 1.05 bits per heavy atom. The van der Waals surface area contributed by atoms with Gasteiger partial charge in [0.15, 0.2) is 0 Å². The van der Waals surface area contributed by atoms with E-state index in [9.17, 15) is 10.0 Å². The average Bonchev–Trinajstić information content (AvgIpc) is 2.70. The van der Waals surface area contributed by atoms with Gasteiger partial charge < -0.3 is 5.21 Å². The Hall–Kier alpha value is -1.94. The van der Waals surface area contributed by atoms with E-state index in [1.54, 1.807) is 18.2 Å². The van der Waals surface area contributed by atoms with Crippen LogP contribution in [0.3, 0.4) is 0 Å². The molecular weight excluding hydrogens is 342 g/mol. The Balaban J connectivity index is 2.07. The van der Waals surface area contributed by atoms with Gasteiger partial charge in [0.05, 0.1) is 5.56 Å². The number of Topliss-reactive ketones (excluding diaryl/α,β-unsaturated/α-hetero) is 1. The first-order chi connectivity index (χ1) is 10.3. The summed E-state index contributed by atoms with van der Waals surface area (Å²) in [5.74, 6) is -0.227. The average molecular weight is 358 g/mol. The van der Waals surface area contributed by atoms with Crippen LogP contribution in [0.25, 0.3) is 0 Å². The third kappa shape index (κ3) is 2.37. The van der Waals surface area contributed by atoms with Gasteiger partial charge in [-0.3, -0.25) is 4.79 Å². The van der Waals surface area contributed by atoms with Gasteiger partial charge in [-0.1, -0.05) is 48.8 Å². The maximum Gasteiger partial charge on any atom is 0.272 e. The van der Waals surface area contributed by atoms with Crippen molar-refractivity contribution in [2.45, 2.75) is 26.2 Å². The molecule has 0 spiro atoms. The smallest absolute Gasteiger partial charge is 0.272 e. The normalized spacial score (nSPS) is 14.5. The molecule has 0 saturated heterocycles. The fourth-order valence-corrected chi connectivity index (χ4v) is 2.94. The third-order valence-electron chi connectivity index (χ3n) is 3.86. The zero-order valence-corrected chi connectivity index (χ0v) is 14.3. The van der Waals surface area contributed by atoms with Gasteiger partial charge in [-0.15, -0.1) is 0 Å². The lowest BCUT2D eigenvalue weighted by Gasteiger charge is -2.18. The Labute approximate surface area is 138 Å². The van der Waals surface area contributed by atoms with Crippen molar-refractivity contribution in [1.82, 2.24) is 0 Å². The SMILES string of the molecule is CC(C)(C)c1ccc(C2=[N+]([O-])c3ccc(Br)cc3C2=O)cc1. The summed E-state index contributed by atoms with van der Waals surface area (Å²) in [6.07, 6.45) is 0. The van der Waals surface area contributed by atoms with Gasteiger partial charge in [-0.2, -0.15) is 4.74 Å². The summed E-state index contributed by atoms with van der Waals surface area (Å²) in [4.78, 5) is 12.5. The van der Waals surface area contributed by atoms with Crippen LogP contribution in [-0.2, 0) is 5.41 Å². The van der Waals surface area contributed by atoms with E-state index in [1.807, 2.05) is 24.3 Å². The van der Waals surface area contributed by atoms with Gasteiger partial charge >= 0.3 is 0 Å². The van der Waals surface area contributed by atoms with E-state index < -0.39 is 0 Å². The first-order valence-corrected chi connectivity index (χ1v) is 7.88. The summed E-state index contributed by atoms with van der Waals surface area (Å²) in [5.41, 5.74) is 2.89. The number of carbonyl (C=O) groups is 1. The molecule has 4 heteroatoms. The van der Waals surface area contributed by atoms with Gasteiger partial charge in [-0.25, -0.2) is 0 Å². The van der Waals surface area contributed by atoms with Crippen LogP contribution in [0.15, 0.2) is 46.9 Å². The van der Waals surface area contributed by atoms with Gasteiger partial charge in [0, 0.05) is 10.5 Å². The Bertz CT molecular complexity index is 799. The standard InChI is InChI=1S/C18H16BrNO2/c1-18(2,3)12-6-4-11(5-7-12)16-17(21)14-10-13(19)8-9-15(14)20(16)22/h4-10H,1-3H3. The molecule has 3 rings (SSSR count). The van der Waals surface area contributed by atoms with Crippen LogP contribution >= 0.6 is 15.9 Å². The lowest BCUT2D eigenvalue weighted by atomic mass is 9.86. The molecule has 112 valence electrons.